The maximum atomic E-state index is 9.12. The Morgan fingerprint density at radius 3 is 2.42 bits per heavy atom. The van der Waals surface area contributed by atoms with Crippen molar-refractivity contribution in [3.8, 4) is 5.75 Å². The van der Waals surface area contributed by atoms with E-state index in [0.717, 1.165) is 25.1 Å². The van der Waals surface area contributed by atoms with Gasteiger partial charge in [-0.1, -0.05) is 12.1 Å². The lowest BCUT2D eigenvalue weighted by Gasteiger charge is -2.28. The first-order valence-corrected chi connectivity index (χ1v) is 7.37. The van der Waals surface area contributed by atoms with Crippen molar-refractivity contribution >= 4 is 0 Å². The highest BCUT2D eigenvalue weighted by molar-refractivity contribution is 5.27. The van der Waals surface area contributed by atoms with Gasteiger partial charge in [-0.2, -0.15) is 0 Å². The quantitative estimate of drug-likeness (QED) is 0.829. The summed E-state index contributed by atoms with van der Waals surface area (Å²) in [5.41, 5.74) is 1.30. The summed E-state index contributed by atoms with van der Waals surface area (Å²) in [7, 11) is 0. The van der Waals surface area contributed by atoms with Crippen molar-refractivity contribution < 1.29 is 9.84 Å². The molecular formula is C16H25NO2. The molecule has 0 saturated heterocycles. The molecule has 1 aliphatic rings. The predicted molar refractivity (Wildman–Crippen MR) is 77.3 cm³/mol. The Balaban J connectivity index is 1.73. The Morgan fingerprint density at radius 1 is 1.16 bits per heavy atom. The van der Waals surface area contributed by atoms with E-state index >= 15 is 0 Å². The summed E-state index contributed by atoms with van der Waals surface area (Å²) in [5.74, 6) is 1.47. The van der Waals surface area contributed by atoms with E-state index in [1.165, 1.54) is 18.4 Å². The number of nitrogens with one attached hydrogen (secondary N) is 1. The van der Waals surface area contributed by atoms with Crippen LogP contribution in [0.1, 0.15) is 38.2 Å². The van der Waals surface area contributed by atoms with Crippen molar-refractivity contribution in [3.63, 3.8) is 0 Å². The molecule has 0 unspecified atom stereocenters. The lowest BCUT2D eigenvalue weighted by atomic mass is 9.86. The van der Waals surface area contributed by atoms with Gasteiger partial charge in [0.1, 0.15) is 5.75 Å². The van der Waals surface area contributed by atoms with E-state index < -0.39 is 0 Å². The Kier molecular flexibility index (Phi) is 5.67. The molecule has 0 bridgehead atoms. The number of hydrogen-bond acceptors (Lipinski definition) is 3. The van der Waals surface area contributed by atoms with Crippen LogP contribution in [0.15, 0.2) is 24.3 Å². The van der Waals surface area contributed by atoms with E-state index in [2.05, 4.69) is 17.4 Å². The fourth-order valence-corrected chi connectivity index (χ4v) is 2.68. The smallest absolute Gasteiger partial charge is 0.119 e. The molecule has 19 heavy (non-hydrogen) atoms. The van der Waals surface area contributed by atoms with E-state index in [1.807, 2.05) is 19.1 Å². The summed E-state index contributed by atoms with van der Waals surface area (Å²) in [6, 6.07) is 8.91. The van der Waals surface area contributed by atoms with Crippen LogP contribution in [0.4, 0.5) is 0 Å². The maximum Gasteiger partial charge on any atom is 0.119 e. The maximum absolute atomic E-state index is 9.12. The summed E-state index contributed by atoms with van der Waals surface area (Å²) in [5, 5.41) is 12.7. The molecule has 0 aromatic heterocycles. The largest absolute Gasteiger partial charge is 0.494 e. The zero-order valence-corrected chi connectivity index (χ0v) is 11.8. The van der Waals surface area contributed by atoms with Crippen LogP contribution in [0.3, 0.4) is 0 Å². The van der Waals surface area contributed by atoms with Crippen LogP contribution in [0, 0.1) is 5.92 Å². The molecule has 1 aliphatic carbocycles. The number of aliphatic hydroxyl groups is 1. The topological polar surface area (TPSA) is 41.5 Å². The highest BCUT2D eigenvalue weighted by Crippen LogP contribution is 2.24. The van der Waals surface area contributed by atoms with Gasteiger partial charge in [0.15, 0.2) is 0 Å². The molecule has 0 heterocycles. The van der Waals surface area contributed by atoms with Crippen molar-refractivity contribution in [1.82, 2.24) is 5.32 Å². The lowest BCUT2D eigenvalue weighted by molar-refractivity contribution is 0.175. The van der Waals surface area contributed by atoms with Crippen molar-refractivity contribution in [2.75, 3.05) is 13.2 Å². The predicted octanol–water partition coefficient (Wildman–Crippen LogP) is 2.73. The van der Waals surface area contributed by atoms with Gasteiger partial charge in [0, 0.05) is 19.2 Å². The highest BCUT2D eigenvalue weighted by atomic mass is 16.5. The standard InChI is InChI=1S/C16H25NO2/c1-2-19-16-9-5-13(6-10-16)11-17-15-7-3-14(12-18)4-8-15/h5-6,9-10,14-15,17-18H,2-4,7-8,11-12H2,1H3. The first kappa shape index (κ1) is 14.4. The molecule has 1 saturated carbocycles. The third-order valence-corrected chi connectivity index (χ3v) is 3.93. The van der Waals surface area contributed by atoms with Gasteiger partial charge in [-0.25, -0.2) is 0 Å². The first-order chi connectivity index (χ1) is 9.31. The lowest BCUT2D eigenvalue weighted by Crippen LogP contribution is -2.33. The third-order valence-electron chi connectivity index (χ3n) is 3.93. The van der Waals surface area contributed by atoms with Gasteiger partial charge in [0.05, 0.1) is 6.61 Å². The molecule has 1 fully saturated rings. The number of ether oxygens (including phenoxy) is 1. The normalized spacial score (nSPS) is 23.3. The Hall–Kier alpha value is -1.06. The molecule has 1 aromatic rings. The second-order valence-electron chi connectivity index (χ2n) is 5.36. The van der Waals surface area contributed by atoms with Crippen molar-refractivity contribution in [2.45, 2.75) is 45.2 Å². The summed E-state index contributed by atoms with van der Waals surface area (Å²) < 4.78 is 5.44. The minimum atomic E-state index is 0.353. The Morgan fingerprint density at radius 2 is 1.84 bits per heavy atom. The number of benzene rings is 1. The van der Waals surface area contributed by atoms with Gasteiger partial charge in [-0.15, -0.1) is 0 Å². The van der Waals surface area contributed by atoms with Crippen LogP contribution in [-0.2, 0) is 6.54 Å². The molecular weight excluding hydrogens is 238 g/mol. The van der Waals surface area contributed by atoms with E-state index in [1.54, 1.807) is 0 Å². The van der Waals surface area contributed by atoms with Crippen LogP contribution in [0.2, 0.25) is 0 Å². The summed E-state index contributed by atoms with van der Waals surface area (Å²) in [4.78, 5) is 0. The van der Waals surface area contributed by atoms with Crippen LogP contribution in [-0.4, -0.2) is 24.4 Å². The average Bonchev–Trinajstić information content (AvgIpc) is 2.47. The molecule has 0 radical (unpaired) electrons. The molecule has 0 atom stereocenters. The summed E-state index contributed by atoms with van der Waals surface area (Å²) >= 11 is 0. The molecule has 106 valence electrons. The second-order valence-corrected chi connectivity index (χ2v) is 5.36. The van der Waals surface area contributed by atoms with Crippen LogP contribution < -0.4 is 10.1 Å². The minimum Gasteiger partial charge on any atom is -0.494 e. The van der Waals surface area contributed by atoms with Crippen molar-refractivity contribution in [3.05, 3.63) is 29.8 Å². The van der Waals surface area contributed by atoms with E-state index in [0.29, 0.717) is 25.2 Å². The molecule has 1 aromatic carbocycles. The molecule has 0 spiro atoms. The minimum absolute atomic E-state index is 0.353. The van der Waals surface area contributed by atoms with Gasteiger partial charge in [0.25, 0.3) is 0 Å². The van der Waals surface area contributed by atoms with E-state index in [9.17, 15) is 0 Å². The van der Waals surface area contributed by atoms with Gasteiger partial charge in [-0.05, 0) is 56.2 Å². The fraction of sp³-hybridized carbons (Fsp3) is 0.625. The monoisotopic (exact) mass is 263 g/mol. The van der Waals surface area contributed by atoms with E-state index in [-0.39, 0.29) is 0 Å². The fourth-order valence-electron chi connectivity index (χ4n) is 2.68. The molecule has 2 N–H and O–H groups in total. The number of hydrogen-bond donors (Lipinski definition) is 2. The highest BCUT2D eigenvalue weighted by Gasteiger charge is 2.19. The van der Waals surface area contributed by atoms with Crippen LogP contribution in [0.25, 0.3) is 0 Å². The number of aliphatic hydroxyl groups excluding tert-OH is 1. The molecule has 3 heteroatoms. The SMILES string of the molecule is CCOc1ccc(CNC2CCC(CO)CC2)cc1. The molecule has 0 aliphatic heterocycles. The van der Waals surface area contributed by atoms with Gasteiger partial charge in [0.2, 0.25) is 0 Å². The first-order valence-electron chi connectivity index (χ1n) is 7.37. The molecule has 2 rings (SSSR count). The van der Waals surface area contributed by atoms with Gasteiger partial charge in [-0.3, -0.25) is 0 Å². The third kappa shape index (κ3) is 4.51. The van der Waals surface area contributed by atoms with E-state index in [4.69, 9.17) is 9.84 Å². The van der Waals surface area contributed by atoms with Gasteiger partial charge >= 0.3 is 0 Å². The zero-order chi connectivity index (χ0) is 13.5. The Bertz CT molecular complexity index is 356. The molecule has 0 amide bonds. The Labute approximate surface area is 116 Å². The molecule has 3 nitrogen and oxygen atoms in total. The summed E-state index contributed by atoms with van der Waals surface area (Å²) in [6.45, 7) is 3.98. The average molecular weight is 263 g/mol. The number of rotatable bonds is 6. The van der Waals surface area contributed by atoms with Gasteiger partial charge < -0.3 is 15.2 Å². The van der Waals surface area contributed by atoms with Crippen LogP contribution >= 0.6 is 0 Å². The van der Waals surface area contributed by atoms with Crippen molar-refractivity contribution in [2.24, 2.45) is 5.92 Å². The van der Waals surface area contributed by atoms with Crippen molar-refractivity contribution in [1.29, 1.82) is 0 Å². The zero-order valence-electron chi connectivity index (χ0n) is 11.8. The van der Waals surface area contributed by atoms with Crippen LogP contribution in [0.5, 0.6) is 5.75 Å². The summed E-state index contributed by atoms with van der Waals surface area (Å²) in [6.07, 6.45) is 4.67. The second kappa shape index (κ2) is 7.51.